The van der Waals surface area contributed by atoms with Gasteiger partial charge in [-0.15, -0.1) is 10.2 Å². The van der Waals surface area contributed by atoms with Gasteiger partial charge in [-0.1, -0.05) is 41.9 Å². The third kappa shape index (κ3) is 5.40. The molecule has 0 radical (unpaired) electrons. The average Bonchev–Trinajstić information content (AvgIpc) is 2.81. The molecule has 0 aliphatic carbocycles. The number of hydrogen-bond donors (Lipinski definition) is 1. The van der Waals surface area contributed by atoms with E-state index in [1.807, 2.05) is 11.0 Å². The number of aryl methyl sites for hydroxylation is 1. The van der Waals surface area contributed by atoms with Gasteiger partial charge in [0.2, 0.25) is 5.91 Å². The fourth-order valence-corrected chi connectivity index (χ4v) is 4.20. The van der Waals surface area contributed by atoms with Crippen molar-refractivity contribution in [3.05, 3.63) is 81.0 Å². The molecule has 2 heterocycles. The van der Waals surface area contributed by atoms with Gasteiger partial charge in [-0.25, -0.2) is 4.39 Å². The predicted molar refractivity (Wildman–Crippen MR) is 121 cm³/mol. The van der Waals surface area contributed by atoms with Crippen LogP contribution in [0.4, 0.5) is 4.39 Å². The van der Waals surface area contributed by atoms with Crippen LogP contribution < -0.4 is 5.56 Å². The van der Waals surface area contributed by atoms with Gasteiger partial charge in [0.25, 0.3) is 5.56 Å². The van der Waals surface area contributed by atoms with E-state index < -0.39 is 11.4 Å². The lowest BCUT2D eigenvalue weighted by atomic mass is 9.90. The summed E-state index contributed by atoms with van der Waals surface area (Å²) in [5.74, 6) is 0.263. The number of likely N-dealkylation sites (tertiary alicyclic amines) is 1. The summed E-state index contributed by atoms with van der Waals surface area (Å²) in [6, 6.07) is 14.5. The number of aromatic nitrogens is 3. The second-order valence-corrected chi connectivity index (χ2v) is 8.50. The highest BCUT2D eigenvalue weighted by Crippen LogP contribution is 2.23. The number of piperidine rings is 1. The van der Waals surface area contributed by atoms with Crippen LogP contribution in [-0.4, -0.2) is 39.1 Å². The molecule has 1 aliphatic rings. The van der Waals surface area contributed by atoms with Gasteiger partial charge < -0.3 is 9.88 Å². The lowest BCUT2D eigenvalue weighted by molar-refractivity contribution is -0.132. The zero-order chi connectivity index (χ0) is 22.5. The van der Waals surface area contributed by atoms with Gasteiger partial charge in [0.15, 0.2) is 5.82 Å². The molecule has 0 atom stereocenters. The molecule has 1 amide bonds. The highest BCUT2D eigenvalue weighted by molar-refractivity contribution is 6.31. The van der Waals surface area contributed by atoms with E-state index in [9.17, 15) is 14.0 Å². The fourth-order valence-electron chi connectivity index (χ4n) is 4.01. The fraction of sp³-hybridized carbons (Fsp3) is 0.333. The molecule has 166 valence electrons. The Morgan fingerprint density at radius 2 is 1.88 bits per heavy atom. The van der Waals surface area contributed by atoms with E-state index in [1.54, 1.807) is 0 Å². The topological polar surface area (TPSA) is 79.0 Å². The Morgan fingerprint density at radius 1 is 1.12 bits per heavy atom. The number of H-pyrrole nitrogens is 1. The van der Waals surface area contributed by atoms with Crippen LogP contribution in [0.15, 0.2) is 53.3 Å². The van der Waals surface area contributed by atoms with E-state index in [0.29, 0.717) is 11.5 Å². The monoisotopic (exact) mass is 454 g/mol. The number of benzene rings is 2. The summed E-state index contributed by atoms with van der Waals surface area (Å²) in [5, 5.41) is 7.93. The van der Waals surface area contributed by atoms with Crippen LogP contribution in [0.25, 0.3) is 11.4 Å². The van der Waals surface area contributed by atoms with Crippen LogP contribution in [-0.2, 0) is 17.6 Å². The van der Waals surface area contributed by atoms with Crippen LogP contribution >= 0.6 is 11.6 Å². The molecule has 1 saturated heterocycles. The lowest BCUT2D eigenvalue weighted by Crippen LogP contribution is -2.39. The molecule has 0 unspecified atom stereocenters. The number of nitrogens with one attached hydrogen (secondary N) is 1. The predicted octanol–water partition coefficient (Wildman–Crippen LogP) is 4.04. The first-order chi connectivity index (χ1) is 15.5. The first kappa shape index (κ1) is 22.1. The molecule has 1 fully saturated rings. The largest absolute Gasteiger partial charge is 0.343 e. The molecular weight excluding hydrogens is 431 g/mol. The first-order valence-corrected chi connectivity index (χ1v) is 11.1. The number of carbonyl (C=O) groups excluding carboxylic acids is 1. The minimum atomic E-state index is -0.551. The highest BCUT2D eigenvalue weighted by atomic mass is 35.5. The summed E-state index contributed by atoms with van der Waals surface area (Å²) in [6.07, 6.45) is 3.43. The third-order valence-electron chi connectivity index (χ3n) is 5.87. The summed E-state index contributed by atoms with van der Waals surface area (Å²) in [4.78, 5) is 29.5. The van der Waals surface area contributed by atoms with Crippen molar-refractivity contribution < 1.29 is 9.18 Å². The molecule has 3 aromatic rings. The van der Waals surface area contributed by atoms with Crippen molar-refractivity contribution in [1.29, 1.82) is 0 Å². The Bertz CT molecular complexity index is 1140. The van der Waals surface area contributed by atoms with Crippen LogP contribution in [0, 0.1) is 11.7 Å². The Morgan fingerprint density at radius 3 is 2.56 bits per heavy atom. The Labute approximate surface area is 190 Å². The maximum absolute atomic E-state index is 13.3. The van der Waals surface area contributed by atoms with Gasteiger partial charge in [0.05, 0.1) is 5.02 Å². The van der Waals surface area contributed by atoms with Crippen LogP contribution in [0.2, 0.25) is 5.02 Å². The molecule has 1 aliphatic heterocycles. The number of hydrogen-bond acceptors (Lipinski definition) is 4. The van der Waals surface area contributed by atoms with Gasteiger partial charge >= 0.3 is 0 Å². The SMILES string of the molecule is O=C(CCc1nnc(-c2ccc(F)c(Cl)c2)[nH]c1=O)N1CCC(Cc2ccccc2)CC1. The molecule has 4 rings (SSSR count). The number of rotatable bonds is 6. The highest BCUT2D eigenvalue weighted by Gasteiger charge is 2.23. The molecule has 32 heavy (non-hydrogen) atoms. The minimum absolute atomic E-state index is 0.0266. The van der Waals surface area contributed by atoms with Crippen molar-refractivity contribution in [2.45, 2.75) is 32.1 Å². The Balaban J connectivity index is 1.29. The number of halogens is 2. The summed E-state index contributed by atoms with van der Waals surface area (Å²) in [5.41, 5.74) is 1.59. The zero-order valence-electron chi connectivity index (χ0n) is 17.6. The lowest BCUT2D eigenvalue weighted by Gasteiger charge is -2.32. The average molecular weight is 455 g/mol. The van der Waals surface area contributed by atoms with Crippen molar-refractivity contribution in [3.63, 3.8) is 0 Å². The van der Waals surface area contributed by atoms with Gasteiger partial charge in [0.1, 0.15) is 11.5 Å². The Hall–Kier alpha value is -3.06. The van der Waals surface area contributed by atoms with E-state index in [0.717, 1.165) is 32.4 Å². The minimum Gasteiger partial charge on any atom is -0.343 e. The Kier molecular flexibility index (Phi) is 6.95. The molecule has 0 spiro atoms. The quantitative estimate of drug-likeness (QED) is 0.609. The van der Waals surface area contributed by atoms with E-state index >= 15 is 0 Å². The number of amides is 1. The normalized spacial score (nSPS) is 14.5. The van der Waals surface area contributed by atoms with E-state index in [-0.39, 0.29) is 35.3 Å². The molecular formula is C24H24ClFN4O2. The molecule has 0 bridgehead atoms. The molecule has 1 N–H and O–H groups in total. The van der Waals surface area contributed by atoms with Crippen molar-refractivity contribution in [2.75, 3.05) is 13.1 Å². The van der Waals surface area contributed by atoms with Crippen molar-refractivity contribution in [2.24, 2.45) is 5.92 Å². The number of nitrogens with zero attached hydrogens (tertiary/aromatic N) is 3. The van der Waals surface area contributed by atoms with Gasteiger partial charge in [-0.2, -0.15) is 0 Å². The number of carbonyl (C=O) groups is 1. The van der Waals surface area contributed by atoms with Crippen molar-refractivity contribution in [1.82, 2.24) is 20.1 Å². The maximum Gasteiger partial charge on any atom is 0.273 e. The van der Waals surface area contributed by atoms with E-state index in [4.69, 9.17) is 11.6 Å². The zero-order valence-corrected chi connectivity index (χ0v) is 18.3. The second kappa shape index (κ2) is 10.0. The first-order valence-electron chi connectivity index (χ1n) is 10.7. The van der Waals surface area contributed by atoms with Crippen molar-refractivity contribution in [3.8, 4) is 11.4 Å². The van der Waals surface area contributed by atoms with Crippen LogP contribution in [0.1, 0.15) is 30.5 Å². The number of aromatic amines is 1. The van der Waals surface area contributed by atoms with Gasteiger partial charge in [0, 0.05) is 31.5 Å². The van der Waals surface area contributed by atoms with Gasteiger partial charge in [-0.05, 0) is 48.9 Å². The van der Waals surface area contributed by atoms with Crippen LogP contribution in [0.3, 0.4) is 0 Å². The van der Waals surface area contributed by atoms with E-state index in [2.05, 4.69) is 39.4 Å². The summed E-state index contributed by atoms with van der Waals surface area (Å²) in [7, 11) is 0. The van der Waals surface area contributed by atoms with E-state index in [1.165, 1.54) is 23.8 Å². The standard InChI is InChI=1S/C24H24ClFN4O2/c25-19-15-18(6-7-20(19)26)23-27-24(32)21(28-29-23)8-9-22(31)30-12-10-17(11-13-30)14-16-4-2-1-3-5-16/h1-7,15,17H,8-14H2,(H,27,29,32). The summed E-state index contributed by atoms with van der Waals surface area (Å²) in [6.45, 7) is 1.48. The molecule has 0 saturated carbocycles. The molecule has 6 nitrogen and oxygen atoms in total. The smallest absolute Gasteiger partial charge is 0.273 e. The third-order valence-corrected chi connectivity index (χ3v) is 6.16. The molecule has 1 aromatic heterocycles. The van der Waals surface area contributed by atoms with Crippen LogP contribution in [0.5, 0.6) is 0 Å². The second-order valence-electron chi connectivity index (χ2n) is 8.09. The molecule has 2 aromatic carbocycles. The summed E-state index contributed by atoms with van der Waals surface area (Å²) < 4.78 is 13.3. The maximum atomic E-state index is 13.3. The molecule has 8 heteroatoms. The summed E-state index contributed by atoms with van der Waals surface area (Å²) >= 11 is 5.79. The van der Waals surface area contributed by atoms with Gasteiger partial charge in [-0.3, -0.25) is 9.59 Å². The van der Waals surface area contributed by atoms with Crippen molar-refractivity contribution >= 4 is 17.5 Å².